The summed E-state index contributed by atoms with van der Waals surface area (Å²) in [5, 5.41) is 2.91. The molecule has 27 heavy (non-hydrogen) atoms. The summed E-state index contributed by atoms with van der Waals surface area (Å²) in [5.74, 6) is 0.986. The fourth-order valence-corrected chi connectivity index (χ4v) is 3.64. The summed E-state index contributed by atoms with van der Waals surface area (Å²) < 4.78 is 7.19. The molecule has 2 amide bonds. The van der Waals surface area contributed by atoms with Crippen LogP contribution in [0.5, 0.6) is 0 Å². The van der Waals surface area contributed by atoms with E-state index in [9.17, 15) is 4.79 Å². The Balaban J connectivity index is 1.55. The van der Waals surface area contributed by atoms with Crippen LogP contribution in [0.3, 0.4) is 0 Å². The number of fused-ring (bicyclic) bond motifs is 3. The Morgan fingerprint density at radius 2 is 1.96 bits per heavy atom. The van der Waals surface area contributed by atoms with Gasteiger partial charge in [0.1, 0.15) is 0 Å². The van der Waals surface area contributed by atoms with E-state index in [4.69, 9.17) is 9.72 Å². The minimum absolute atomic E-state index is 0.0202. The molecule has 0 aliphatic carbocycles. The summed E-state index contributed by atoms with van der Waals surface area (Å²) in [6.07, 6.45) is 3.00. The highest BCUT2D eigenvalue weighted by Gasteiger charge is 2.21. The van der Waals surface area contributed by atoms with Crippen molar-refractivity contribution in [1.82, 2.24) is 19.6 Å². The van der Waals surface area contributed by atoms with E-state index in [0.717, 1.165) is 48.4 Å². The Hall–Kier alpha value is -2.80. The second kappa shape index (κ2) is 7.84. The Kier molecular flexibility index (Phi) is 5.11. The first-order valence-electron chi connectivity index (χ1n) is 9.40. The van der Waals surface area contributed by atoms with Crippen molar-refractivity contribution in [3.05, 3.63) is 42.6 Å². The van der Waals surface area contributed by atoms with Crippen molar-refractivity contribution in [3.63, 3.8) is 0 Å². The first kappa shape index (κ1) is 17.6. The smallest absolute Gasteiger partial charge is 0.317 e. The normalized spacial score (nSPS) is 15.3. The predicted octanol–water partition coefficient (Wildman–Crippen LogP) is 2.36. The van der Waals surface area contributed by atoms with Crippen LogP contribution in [0.15, 0.2) is 42.6 Å². The number of amides is 2. The van der Waals surface area contributed by atoms with Gasteiger partial charge in [0.05, 0.1) is 23.2 Å². The number of hydrogen-bond acceptors (Lipinski definition) is 4. The molecule has 0 bridgehead atoms. The van der Waals surface area contributed by atoms with Crippen LogP contribution in [-0.2, 0) is 4.74 Å². The average Bonchev–Trinajstić information content (AvgIpc) is 3.06. The largest absolute Gasteiger partial charge is 0.383 e. The lowest BCUT2D eigenvalue weighted by molar-refractivity contribution is 0.181. The molecule has 1 aliphatic rings. The third-order valence-electron chi connectivity index (χ3n) is 5.01. The van der Waals surface area contributed by atoms with Gasteiger partial charge in [-0.25, -0.2) is 9.78 Å². The maximum atomic E-state index is 12.3. The number of nitrogens with zero attached hydrogens (tertiary/aromatic N) is 4. The van der Waals surface area contributed by atoms with Crippen LogP contribution in [0.4, 0.5) is 10.6 Å². The van der Waals surface area contributed by atoms with E-state index in [1.165, 1.54) is 0 Å². The van der Waals surface area contributed by atoms with Crippen molar-refractivity contribution in [3.8, 4) is 0 Å². The number of carbonyl (C=O) groups is 1. The number of rotatable bonds is 4. The van der Waals surface area contributed by atoms with Crippen LogP contribution < -0.4 is 10.2 Å². The summed E-state index contributed by atoms with van der Waals surface area (Å²) in [7, 11) is 1.63. The topological polar surface area (TPSA) is 62.1 Å². The predicted molar refractivity (Wildman–Crippen MR) is 106 cm³/mol. The van der Waals surface area contributed by atoms with Crippen LogP contribution in [0.25, 0.3) is 16.6 Å². The van der Waals surface area contributed by atoms with Gasteiger partial charge in [0.15, 0.2) is 5.82 Å². The van der Waals surface area contributed by atoms with Crippen LogP contribution in [0.1, 0.15) is 6.42 Å². The quantitative estimate of drug-likeness (QED) is 0.719. The third-order valence-corrected chi connectivity index (χ3v) is 5.01. The molecule has 0 saturated carbocycles. The van der Waals surface area contributed by atoms with E-state index in [-0.39, 0.29) is 6.03 Å². The zero-order chi connectivity index (χ0) is 18.6. The minimum Gasteiger partial charge on any atom is -0.383 e. The first-order chi connectivity index (χ1) is 13.3. The van der Waals surface area contributed by atoms with Gasteiger partial charge in [-0.1, -0.05) is 12.1 Å². The number of urea groups is 1. The highest BCUT2D eigenvalue weighted by Crippen LogP contribution is 2.26. The van der Waals surface area contributed by atoms with Gasteiger partial charge in [-0.2, -0.15) is 0 Å². The molecule has 1 saturated heterocycles. The van der Waals surface area contributed by atoms with E-state index in [1.54, 1.807) is 7.11 Å². The Bertz CT molecular complexity index is 938. The summed E-state index contributed by atoms with van der Waals surface area (Å²) >= 11 is 0. The lowest BCUT2D eigenvalue weighted by Gasteiger charge is -2.24. The van der Waals surface area contributed by atoms with Crippen molar-refractivity contribution >= 4 is 28.4 Å². The van der Waals surface area contributed by atoms with E-state index in [1.807, 2.05) is 23.1 Å². The van der Waals surface area contributed by atoms with Gasteiger partial charge in [0, 0.05) is 46.0 Å². The number of anilines is 1. The van der Waals surface area contributed by atoms with Crippen molar-refractivity contribution < 1.29 is 9.53 Å². The average molecular weight is 367 g/mol. The van der Waals surface area contributed by atoms with Crippen molar-refractivity contribution in [2.45, 2.75) is 6.42 Å². The molecule has 1 aromatic carbocycles. The molecular weight excluding hydrogens is 342 g/mol. The van der Waals surface area contributed by atoms with Gasteiger partial charge < -0.3 is 24.3 Å². The highest BCUT2D eigenvalue weighted by molar-refractivity contribution is 5.85. The number of aromatic nitrogens is 2. The molecule has 2 aromatic heterocycles. The molecule has 3 heterocycles. The molecular formula is C20H25N5O2. The molecule has 1 N–H and O–H groups in total. The molecule has 3 aromatic rings. The fourth-order valence-electron chi connectivity index (χ4n) is 3.64. The second-order valence-corrected chi connectivity index (χ2v) is 6.74. The summed E-state index contributed by atoms with van der Waals surface area (Å²) in [6, 6.07) is 12.3. The molecule has 1 aliphatic heterocycles. The van der Waals surface area contributed by atoms with Crippen LogP contribution in [-0.4, -0.2) is 66.8 Å². The number of para-hydroxylation sites is 2. The summed E-state index contributed by atoms with van der Waals surface area (Å²) in [5.41, 5.74) is 3.19. The van der Waals surface area contributed by atoms with Gasteiger partial charge in [-0.15, -0.1) is 0 Å². The van der Waals surface area contributed by atoms with E-state index >= 15 is 0 Å². The molecule has 7 nitrogen and oxygen atoms in total. The number of nitrogens with one attached hydrogen (secondary N) is 1. The van der Waals surface area contributed by atoms with Gasteiger partial charge in [0.25, 0.3) is 0 Å². The standard InChI is InChI=1S/C20H25N5O2/c1-27-15-9-21-20(26)24-11-5-10-23(13-14-24)19-18-8-4-12-25(18)17-7-3-2-6-16(17)22-19/h2-4,6-8,12H,5,9-11,13-15H2,1H3,(H,21,26). The highest BCUT2D eigenvalue weighted by atomic mass is 16.5. The van der Waals surface area contributed by atoms with E-state index in [2.05, 4.69) is 39.0 Å². The molecule has 0 spiro atoms. The number of carbonyl (C=O) groups excluding carboxylic acids is 1. The molecule has 1 fully saturated rings. The van der Waals surface area contributed by atoms with Crippen molar-refractivity contribution in [1.29, 1.82) is 0 Å². The van der Waals surface area contributed by atoms with Gasteiger partial charge >= 0.3 is 6.03 Å². The lowest BCUT2D eigenvalue weighted by atomic mass is 10.3. The number of hydrogen-bond donors (Lipinski definition) is 1. The zero-order valence-corrected chi connectivity index (χ0v) is 15.6. The maximum Gasteiger partial charge on any atom is 0.317 e. The Labute approximate surface area is 158 Å². The molecule has 0 atom stereocenters. The SMILES string of the molecule is COCCNC(=O)N1CCCN(c2nc3ccccc3n3cccc23)CC1. The number of methoxy groups -OCH3 is 1. The maximum absolute atomic E-state index is 12.3. The van der Waals surface area contributed by atoms with Crippen LogP contribution in [0.2, 0.25) is 0 Å². The third kappa shape index (κ3) is 3.55. The second-order valence-electron chi connectivity index (χ2n) is 6.74. The monoisotopic (exact) mass is 367 g/mol. The van der Waals surface area contributed by atoms with Gasteiger partial charge in [-0.05, 0) is 30.7 Å². The zero-order valence-electron chi connectivity index (χ0n) is 15.6. The molecule has 4 rings (SSSR count). The van der Waals surface area contributed by atoms with Crippen LogP contribution in [0, 0.1) is 0 Å². The minimum atomic E-state index is -0.0202. The summed E-state index contributed by atoms with van der Waals surface area (Å²) in [4.78, 5) is 21.5. The van der Waals surface area contributed by atoms with Gasteiger partial charge in [0.2, 0.25) is 0 Å². The Morgan fingerprint density at radius 3 is 2.85 bits per heavy atom. The lowest BCUT2D eigenvalue weighted by Crippen LogP contribution is -2.43. The van der Waals surface area contributed by atoms with Crippen molar-refractivity contribution in [2.24, 2.45) is 0 Å². The van der Waals surface area contributed by atoms with Crippen LogP contribution >= 0.6 is 0 Å². The van der Waals surface area contributed by atoms with Crippen molar-refractivity contribution in [2.75, 3.05) is 51.3 Å². The molecule has 7 heteroatoms. The van der Waals surface area contributed by atoms with Gasteiger partial charge in [-0.3, -0.25) is 0 Å². The first-order valence-corrected chi connectivity index (χ1v) is 9.40. The fraction of sp³-hybridized carbons (Fsp3) is 0.400. The molecule has 0 radical (unpaired) electrons. The van der Waals surface area contributed by atoms with E-state index in [0.29, 0.717) is 19.7 Å². The Morgan fingerprint density at radius 1 is 1.11 bits per heavy atom. The number of benzene rings is 1. The number of ether oxygens (including phenoxy) is 1. The summed E-state index contributed by atoms with van der Waals surface area (Å²) in [6.45, 7) is 4.14. The molecule has 0 unspecified atom stereocenters. The van der Waals surface area contributed by atoms with E-state index < -0.39 is 0 Å². The molecule has 142 valence electrons.